The van der Waals surface area contributed by atoms with Crippen molar-refractivity contribution < 1.29 is 13.2 Å². The molecule has 2 aromatic heterocycles. The van der Waals surface area contributed by atoms with E-state index in [4.69, 9.17) is 0 Å². The molecule has 27 heavy (non-hydrogen) atoms. The van der Waals surface area contributed by atoms with Crippen LogP contribution < -0.4 is 0 Å². The Bertz CT molecular complexity index is 938. The molecule has 3 rings (SSSR count). The van der Waals surface area contributed by atoms with E-state index in [0.29, 0.717) is 35.9 Å². The lowest BCUT2D eigenvalue weighted by Gasteiger charge is -2.33. The largest absolute Gasteiger partial charge is 0.337 e. The van der Waals surface area contributed by atoms with Crippen LogP contribution in [0.15, 0.2) is 28.5 Å². The zero-order chi connectivity index (χ0) is 19.6. The van der Waals surface area contributed by atoms with Gasteiger partial charge in [-0.15, -0.1) is 11.3 Å². The van der Waals surface area contributed by atoms with Gasteiger partial charge in [-0.2, -0.15) is 9.40 Å². The summed E-state index contributed by atoms with van der Waals surface area (Å²) in [6.07, 6.45) is 3.34. The van der Waals surface area contributed by atoms with Crippen molar-refractivity contribution in [1.82, 2.24) is 19.0 Å². The van der Waals surface area contributed by atoms with Crippen molar-refractivity contribution in [3.05, 3.63) is 39.9 Å². The highest BCUT2D eigenvalue weighted by molar-refractivity contribution is 7.89. The minimum absolute atomic E-state index is 0.0911. The van der Waals surface area contributed by atoms with Gasteiger partial charge in [0.1, 0.15) is 4.90 Å². The fraction of sp³-hybridized carbons (Fsp3) is 0.444. The van der Waals surface area contributed by atoms with Crippen LogP contribution >= 0.6 is 11.3 Å². The maximum Gasteiger partial charge on any atom is 0.246 e. The molecule has 146 valence electrons. The number of piperazine rings is 1. The van der Waals surface area contributed by atoms with E-state index in [9.17, 15) is 13.2 Å². The number of aryl methyl sites for hydroxylation is 2. The maximum absolute atomic E-state index is 13.1. The summed E-state index contributed by atoms with van der Waals surface area (Å²) in [6.45, 7) is 7.41. The van der Waals surface area contributed by atoms with Gasteiger partial charge in [0.25, 0.3) is 0 Å². The molecule has 1 aliphatic rings. The second-order valence-corrected chi connectivity index (χ2v) is 9.25. The summed E-state index contributed by atoms with van der Waals surface area (Å²) in [5.74, 6) is -0.0911. The summed E-state index contributed by atoms with van der Waals surface area (Å²) in [4.78, 5) is 15.3. The van der Waals surface area contributed by atoms with Gasteiger partial charge in [0.05, 0.1) is 11.4 Å². The molecule has 7 nitrogen and oxygen atoms in total. The molecular formula is C18H24N4O3S2. The Hall–Kier alpha value is -1.97. The molecule has 0 bridgehead atoms. The highest BCUT2D eigenvalue weighted by Crippen LogP contribution is 2.24. The Morgan fingerprint density at radius 1 is 1.26 bits per heavy atom. The summed E-state index contributed by atoms with van der Waals surface area (Å²) in [5, 5.41) is 6.28. The van der Waals surface area contributed by atoms with E-state index in [2.05, 4.69) is 5.10 Å². The second-order valence-electron chi connectivity index (χ2n) is 6.39. The molecule has 0 atom stereocenters. The monoisotopic (exact) mass is 408 g/mol. The van der Waals surface area contributed by atoms with Crippen LogP contribution in [0.5, 0.6) is 0 Å². The Balaban J connectivity index is 1.68. The molecule has 3 heterocycles. The first-order valence-electron chi connectivity index (χ1n) is 8.89. The van der Waals surface area contributed by atoms with Crippen LogP contribution in [-0.4, -0.2) is 59.5 Å². The van der Waals surface area contributed by atoms with Gasteiger partial charge in [0.15, 0.2) is 0 Å². The summed E-state index contributed by atoms with van der Waals surface area (Å²) in [7, 11) is -3.61. The quantitative estimate of drug-likeness (QED) is 0.711. The first kappa shape index (κ1) is 19.8. The zero-order valence-electron chi connectivity index (χ0n) is 15.8. The molecule has 1 amide bonds. The van der Waals surface area contributed by atoms with Crippen molar-refractivity contribution in [2.45, 2.75) is 32.2 Å². The molecular weight excluding hydrogens is 384 g/mol. The molecule has 0 spiro atoms. The van der Waals surface area contributed by atoms with E-state index >= 15 is 0 Å². The summed E-state index contributed by atoms with van der Waals surface area (Å²) in [6, 6.07) is 3.88. The molecule has 0 saturated carbocycles. The van der Waals surface area contributed by atoms with Crippen LogP contribution in [-0.2, 0) is 21.4 Å². The van der Waals surface area contributed by atoms with E-state index < -0.39 is 10.0 Å². The van der Waals surface area contributed by atoms with E-state index in [1.807, 2.05) is 24.4 Å². The molecule has 2 aromatic rings. The molecule has 1 saturated heterocycles. The normalized spacial score (nSPS) is 16.3. The van der Waals surface area contributed by atoms with Gasteiger partial charge in [-0.3, -0.25) is 9.48 Å². The van der Waals surface area contributed by atoms with Crippen LogP contribution in [0.1, 0.15) is 23.2 Å². The number of hydrogen-bond acceptors (Lipinski definition) is 5. The number of rotatable bonds is 5. The third-order valence-corrected chi connectivity index (χ3v) is 7.69. The van der Waals surface area contributed by atoms with Gasteiger partial charge in [-0.1, -0.05) is 6.07 Å². The fourth-order valence-corrected chi connectivity index (χ4v) is 5.70. The SMILES string of the molecule is CCn1nc(C)c(S(=O)(=O)N2CCN(C(=O)/C=C/c3cccs3)CC2)c1C. The van der Waals surface area contributed by atoms with E-state index in [-0.39, 0.29) is 19.0 Å². The first-order chi connectivity index (χ1) is 12.8. The van der Waals surface area contributed by atoms with Gasteiger partial charge in [0, 0.05) is 43.7 Å². The Kier molecular flexibility index (Phi) is 5.83. The molecule has 9 heteroatoms. The first-order valence-corrected chi connectivity index (χ1v) is 11.2. The smallest absolute Gasteiger partial charge is 0.246 e. The maximum atomic E-state index is 13.1. The molecule has 0 radical (unpaired) electrons. The zero-order valence-corrected chi connectivity index (χ0v) is 17.4. The lowest BCUT2D eigenvalue weighted by Crippen LogP contribution is -2.50. The topological polar surface area (TPSA) is 75.5 Å². The standard InChI is InChI=1S/C18H24N4O3S2/c1-4-22-15(3)18(14(2)19-22)27(24,25)21-11-9-20(10-12-21)17(23)8-7-16-6-5-13-26-16/h5-8,13H,4,9-12H2,1-3H3/b8-7+. The lowest BCUT2D eigenvalue weighted by molar-refractivity contribution is -0.127. The Morgan fingerprint density at radius 3 is 2.52 bits per heavy atom. The average Bonchev–Trinajstić information content (AvgIpc) is 3.27. The predicted molar refractivity (Wildman–Crippen MR) is 106 cm³/mol. The van der Waals surface area contributed by atoms with Gasteiger partial charge in [-0.25, -0.2) is 8.42 Å². The fourth-order valence-electron chi connectivity index (χ4n) is 3.28. The van der Waals surface area contributed by atoms with Crippen LogP contribution in [0, 0.1) is 13.8 Å². The molecule has 1 fully saturated rings. The van der Waals surface area contributed by atoms with Crippen molar-refractivity contribution in [3.63, 3.8) is 0 Å². The minimum atomic E-state index is -3.61. The third kappa shape index (κ3) is 3.99. The van der Waals surface area contributed by atoms with Crippen LogP contribution in [0.3, 0.4) is 0 Å². The lowest BCUT2D eigenvalue weighted by atomic mass is 10.3. The predicted octanol–water partition coefficient (Wildman–Crippen LogP) is 2.13. The molecule has 0 aliphatic carbocycles. The number of nitrogens with zero attached hydrogens (tertiary/aromatic N) is 4. The molecule has 0 unspecified atom stereocenters. The molecule has 1 aliphatic heterocycles. The van der Waals surface area contributed by atoms with Gasteiger partial charge in [-0.05, 0) is 38.3 Å². The highest BCUT2D eigenvalue weighted by Gasteiger charge is 2.33. The van der Waals surface area contributed by atoms with Crippen molar-refractivity contribution in [2.75, 3.05) is 26.2 Å². The van der Waals surface area contributed by atoms with E-state index in [1.54, 1.807) is 46.9 Å². The van der Waals surface area contributed by atoms with Gasteiger partial charge >= 0.3 is 0 Å². The van der Waals surface area contributed by atoms with E-state index in [0.717, 1.165) is 4.88 Å². The minimum Gasteiger partial charge on any atom is -0.337 e. The molecule has 0 N–H and O–H groups in total. The number of hydrogen-bond donors (Lipinski definition) is 0. The van der Waals surface area contributed by atoms with Crippen molar-refractivity contribution >= 4 is 33.3 Å². The molecule has 0 aromatic carbocycles. The highest BCUT2D eigenvalue weighted by atomic mass is 32.2. The van der Waals surface area contributed by atoms with Crippen LogP contribution in [0.25, 0.3) is 6.08 Å². The summed E-state index contributed by atoms with van der Waals surface area (Å²) >= 11 is 1.57. The second kappa shape index (κ2) is 7.95. The average molecular weight is 409 g/mol. The number of sulfonamides is 1. The van der Waals surface area contributed by atoms with Gasteiger partial charge in [0.2, 0.25) is 15.9 Å². The number of aromatic nitrogens is 2. The van der Waals surface area contributed by atoms with E-state index in [1.165, 1.54) is 4.31 Å². The summed E-state index contributed by atoms with van der Waals surface area (Å²) < 4.78 is 29.3. The number of carbonyl (C=O) groups is 1. The van der Waals surface area contributed by atoms with Crippen LogP contribution in [0.2, 0.25) is 0 Å². The number of amides is 1. The number of carbonyl (C=O) groups excluding carboxylic acids is 1. The van der Waals surface area contributed by atoms with Crippen molar-refractivity contribution in [3.8, 4) is 0 Å². The van der Waals surface area contributed by atoms with Crippen LogP contribution in [0.4, 0.5) is 0 Å². The summed E-state index contributed by atoms with van der Waals surface area (Å²) in [5.41, 5.74) is 1.18. The Labute approximate surface area is 163 Å². The van der Waals surface area contributed by atoms with Gasteiger partial charge < -0.3 is 4.90 Å². The number of thiophene rings is 1. The van der Waals surface area contributed by atoms with Crippen molar-refractivity contribution in [2.24, 2.45) is 0 Å². The van der Waals surface area contributed by atoms with Crippen molar-refractivity contribution in [1.29, 1.82) is 0 Å². The third-order valence-electron chi connectivity index (χ3n) is 4.70. The Morgan fingerprint density at radius 2 is 1.96 bits per heavy atom.